The molecule has 0 unspecified atom stereocenters. The molecular weight excluding hydrogens is 478 g/mol. The summed E-state index contributed by atoms with van der Waals surface area (Å²) in [5.74, 6) is 1.43. The van der Waals surface area contributed by atoms with E-state index in [1.54, 1.807) is 55.7 Å². The second-order valence-electron chi connectivity index (χ2n) is 6.97. The Kier molecular flexibility index (Phi) is 6.90. The number of aliphatic carboxylic acids is 1. The number of carboxylic acid groups (broad SMARTS) is 1. The van der Waals surface area contributed by atoms with Gasteiger partial charge in [-0.2, -0.15) is 0 Å². The number of hydrogen-bond donors (Lipinski definition) is 1. The van der Waals surface area contributed by atoms with Gasteiger partial charge in [-0.3, -0.25) is 4.98 Å². The van der Waals surface area contributed by atoms with Gasteiger partial charge in [0.15, 0.2) is 5.75 Å². The Balaban J connectivity index is 1.99. The predicted molar refractivity (Wildman–Crippen MR) is 133 cm³/mol. The Labute approximate surface area is 204 Å². The molecule has 4 rings (SSSR count). The lowest BCUT2D eigenvalue weighted by Gasteiger charge is -2.12. The Bertz CT molecular complexity index is 1370. The van der Waals surface area contributed by atoms with E-state index < -0.39 is 5.97 Å². The standard InChI is InChI=1S/C25H20ClNO6S/c1-30-15-4-6-16(7-5-15)33-23-20(12-17(25(28)29)14-8-10-27-11-9-14)34-24-19(31-2)13-18(26)22(32-3)21(23)24/h4-13H,1-3H3,(H,28,29). The van der Waals surface area contributed by atoms with E-state index in [1.807, 2.05) is 0 Å². The van der Waals surface area contributed by atoms with Crippen molar-refractivity contribution in [1.29, 1.82) is 0 Å². The number of hydrogen-bond acceptors (Lipinski definition) is 7. The Hall–Kier alpha value is -3.75. The van der Waals surface area contributed by atoms with Crippen LogP contribution in [-0.4, -0.2) is 37.4 Å². The van der Waals surface area contributed by atoms with Crippen LogP contribution < -0.4 is 18.9 Å². The number of rotatable bonds is 8. The largest absolute Gasteiger partial charge is 0.497 e. The number of ether oxygens (including phenoxy) is 4. The minimum absolute atomic E-state index is 0.0811. The lowest BCUT2D eigenvalue weighted by molar-refractivity contribution is -0.130. The molecule has 9 heteroatoms. The summed E-state index contributed by atoms with van der Waals surface area (Å²) in [4.78, 5) is 16.7. The molecule has 1 N–H and O–H groups in total. The minimum Gasteiger partial charge on any atom is -0.497 e. The zero-order chi connectivity index (χ0) is 24.2. The number of methoxy groups -OCH3 is 3. The van der Waals surface area contributed by atoms with Crippen molar-refractivity contribution in [2.45, 2.75) is 0 Å². The van der Waals surface area contributed by atoms with Crippen LogP contribution in [0.2, 0.25) is 5.02 Å². The normalized spacial score (nSPS) is 11.4. The van der Waals surface area contributed by atoms with Crippen molar-refractivity contribution in [3.8, 4) is 28.7 Å². The lowest BCUT2D eigenvalue weighted by atomic mass is 10.1. The highest BCUT2D eigenvalue weighted by Crippen LogP contribution is 2.52. The molecule has 0 bridgehead atoms. The quantitative estimate of drug-likeness (QED) is 0.282. The Morgan fingerprint density at radius 3 is 2.24 bits per heavy atom. The molecule has 0 amide bonds. The molecule has 4 aromatic rings. The van der Waals surface area contributed by atoms with Crippen LogP contribution in [0.3, 0.4) is 0 Å². The van der Waals surface area contributed by atoms with Gasteiger partial charge in [0.1, 0.15) is 23.0 Å². The molecule has 0 radical (unpaired) electrons. The highest BCUT2D eigenvalue weighted by atomic mass is 35.5. The maximum absolute atomic E-state index is 12.2. The van der Waals surface area contributed by atoms with E-state index in [2.05, 4.69) is 4.98 Å². The van der Waals surface area contributed by atoms with Crippen LogP contribution in [0.4, 0.5) is 0 Å². The molecule has 2 aromatic heterocycles. The van der Waals surface area contributed by atoms with Crippen LogP contribution in [0, 0.1) is 0 Å². The maximum Gasteiger partial charge on any atom is 0.336 e. The summed E-state index contributed by atoms with van der Waals surface area (Å²) in [7, 11) is 4.63. The molecule has 0 atom stereocenters. The average Bonchev–Trinajstić information content (AvgIpc) is 3.20. The van der Waals surface area contributed by atoms with Crippen LogP contribution in [-0.2, 0) is 4.79 Å². The first-order valence-electron chi connectivity index (χ1n) is 10.0. The molecule has 0 aliphatic heterocycles. The summed E-state index contributed by atoms with van der Waals surface area (Å²) >= 11 is 7.79. The van der Waals surface area contributed by atoms with Gasteiger partial charge in [0.2, 0.25) is 0 Å². The fourth-order valence-corrected chi connectivity index (χ4v) is 4.85. The minimum atomic E-state index is -1.09. The van der Waals surface area contributed by atoms with Gasteiger partial charge in [-0.1, -0.05) is 11.6 Å². The van der Waals surface area contributed by atoms with Crippen molar-refractivity contribution in [1.82, 2.24) is 4.98 Å². The molecule has 0 fully saturated rings. The van der Waals surface area contributed by atoms with Crippen LogP contribution in [0.25, 0.3) is 21.7 Å². The van der Waals surface area contributed by atoms with Gasteiger partial charge >= 0.3 is 5.97 Å². The summed E-state index contributed by atoms with van der Waals surface area (Å²) in [5.41, 5.74) is 0.588. The van der Waals surface area contributed by atoms with Gasteiger partial charge < -0.3 is 24.1 Å². The van der Waals surface area contributed by atoms with Crippen molar-refractivity contribution in [2.75, 3.05) is 21.3 Å². The second kappa shape index (κ2) is 10.0. The van der Waals surface area contributed by atoms with Gasteiger partial charge in [-0.05, 0) is 48.0 Å². The van der Waals surface area contributed by atoms with E-state index in [0.29, 0.717) is 54.3 Å². The summed E-state index contributed by atoms with van der Waals surface area (Å²) in [6.07, 6.45) is 4.64. The third-order valence-electron chi connectivity index (χ3n) is 5.02. The number of pyridine rings is 1. The van der Waals surface area contributed by atoms with Crippen molar-refractivity contribution in [3.05, 3.63) is 70.3 Å². The topological polar surface area (TPSA) is 87.1 Å². The molecule has 2 heterocycles. The number of carboxylic acids is 1. The molecular formula is C25H20ClNO6S. The van der Waals surface area contributed by atoms with E-state index in [1.165, 1.54) is 38.0 Å². The van der Waals surface area contributed by atoms with Gasteiger partial charge in [0.05, 0.1) is 46.9 Å². The monoisotopic (exact) mass is 497 g/mol. The number of nitrogens with zero attached hydrogens (tertiary/aromatic N) is 1. The molecule has 0 spiro atoms. The summed E-state index contributed by atoms with van der Waals surface area (Å²) in [6.45, 7) is 0. The van der Waals surface area contributed by atoms with Crippen LogP contribution >= 0.6 is 22.9 Å². The first kappa shape index (κ1) is 23.4. The first-order chi connectivity index (χ1) is 16.5. The third kappa shape index (κ3) is 4.50. The number of halogens is 1. The van der Waals surface area contributed by atoms with Crippen molar-refractivity contribution >= 4 is 50.6 Å². The molecule has 34 heavy (non-hydrogen) atoms. The van der Waals surface area contributed by atoms with Gasteiger partial charge in [0, 0.05) is 18.5 Å². The van der Waals surface area contributed by atoms with Crippen molar-refractivity contribution in [2.24, 2.45) is 0 Å². The molecule has 0 saturated carbocycles. The first-order valence-corrected chi connectivity index (χ1v) is 11.2. The molecule has 0 aliphatic carbocycles. The van der Waals surface area contributed by atoms with E-state index in [9.17, 15) is 9.90 Å². The van der Waals surface area contributed by atoms with Crippen LogP contribution in [0.15, 0.2) is 54.9 Å². The van der Waals surface area contributed by atoms with Gasteiger partial charge in [-0.25, -0.2) is 4.79 Å². The zero-order valence-corrected chi connectivity index (χ0v) is 20.1. The number of carbonyl (C=O) groups is 1. The van der Waals surface area contributed by atoms with Crippen molar-refractivity contribution in [3.63, 3.8) is 0 Å². The summed E-state index contributed by atoms with van der Waals surface area (Å²) in [6, 6.07) is 12.0. The van der Waals surface area contributed by atoms with E-state index >= 15 is 0 Å². The Morgan fingerprint density at radius 1 is 0.971 bits per heavy atom. The van der Waals surface area contributed by atoms with Crippen molar-refractivity contribution < 1.29 is 28.8 Å². The number of benzene rings is 2. The second-order valence-corrected chi connectivity index (χ2v) is 8.43. The molecule has 0 saturated heterocycles. The maximum atomic E-state index is 12.2. The highest BCUT2D eigenvalue weighted by molar-refractivity contribution is 7.21. The SMILES string of the molecule is COc1ccc(Oc2c(C=C(C(=O)O)c3ccncc3)sc3c(OC)cc(Cl)c(OC)c23)cc1. The number of thiophene rings is 1. The van der Waals surface area contributed by atoms with Crippen LogP contribution in [0.5, 0.6) is 28.7 Å². The van der Waals surface area contributed by atoms with Gasteiger partial charge in [-0.15, -0.1) is 11.3 Å². The predicted octanol–water partition coefficient (Wildman–Crippen LogP) is 6.39. The zero-order valence-electron chi connectivity index (χ0n) is 18.5. The molecule has 174 valence electrons. The number of aromatic nitrogens is 1. The molecule has 0 aliphatic rings. The summed E-state index contributed by atoms with van der Waals surface area (Å²) in [5, 5.41) is 10.9. The third-order valence-corrected chi connectivity index (χ3v) is 6.43. The Morgan fingerprint density at radius 2 is 1.65 bits per heavy atom. The lowest BCUT2D eigenvalue weighted by Crippen LogP contribution is -1.99. The highest BCUT2D eigenvalue weighted by Gasteiger charge is 2.24. The molecule has 7 nitrogen and oxygen atoms in total. The van der Waals surface area contributed by atoms with E-state index in [4.69, 9.17) is 30.5 Å². The van der Waals surface area contributed by atoms with E-state index in [-0.39, 0.29) is 5.57 Å². The summed E-state index contributed by atoms with van der Waals surface area (Å²) < 4.78 is 23.4. The molecule has 2 aromatic carbocycles. The van der Waals surface area contributed by atoms with Gasteiger partial charge in [0.25, 0.3) is 0 Å². The number of fused-ring (bicyclic) bond motifs is 1. The average molecular weight is 498 g/mol. The fourth-order valence-electron chi connectivity index (χ4n) is 3.42. The fraction of sp³-hybridized carbons (Fsp3) is 0.120. The van der Waals surface area contributed by atoms with E-state index in [0.717, 1.165) is 0 Å². The van der Waals surface area contributed by atoms with Crippen LogP contribution in [0.1, 0.15) is 10.4 Å². The smallest absolute Gasteiger partial charge is 0.336 e.